The highest BCUT2D eigenvalue weighted by Gasteiger charge is 2.32. The molecule has 1 aromatic carbocycles. The second-order valence-electron chi connectivity index (χ2n) is 6.35. The van der Waals surface area contributed by atoms with Crippen LogP contribution in [0.15, 0.2) is 29.2 Å². The first-order valence-electron chi connectivity index (χ1n) is 7.93. The molecular formula is C16H22N2O4S. The first kappa shape index (κ1) is 16.4. The quantitative estimate of drug-likeness (QED) is 0.900. The van der Waals surface area contributed by atoms with Gasteiger partial charge in [0.05, 0.1) is 17.1 Å². The number of rotatable bonds is 4. The van der Waals surface area contributed by atoms with E-state index in [1.807, 2.05) is 13.8 Å². The van der Waals surface area contributed by atoms with Crippen molar-refractivity contribution < 1.29 is 17.9 Å². The number of carbonyl (C=O) groups excluding carboxylic acids is 1. The van der Waals surface area contributed by atoms with Gasteiger partial charge in [0.2, 0.25) is 10.0 Å². The highest BCUT2D eigenvalue weighted by atomic mass is 32.2. The maximum absolute atomic E-state index is 12.8. The molecule has 1 heterocycles. The number of hydrogen-bond donors (Lipinski definition) is 1. The fourth-order valence-electron chi connectivity index (χ4n) is 2.77. The first-order valence-corrected chi connectivity index (χ1v) is 9.37. The number of hydrogen-bond acceptors (Lipinski definition) is 4. The molecule has 1 saturated carbocycles. The van der Waals surface area contributed by atoms with Gasteiger partial charge in [-0.15, -0.1) is 0 Å². The van der Waals surface area contributed by atoms with Gasteiger partial charge in [0.25, 0.3) is 5.91 Å². The van der Waals surface area contributed by atoms with Crippen LogP contribution in [0.4, 0.5) is 0 Å². The summed E-state index contributed by atoms with van der Waals surface area (Å²) < 4.78 is 32.7. The zero-order valence-corrected chi connectivity index (χ0v) is 14.2. The lowest BCUT2D eigenvalue weighted by Gasteiger charge is -2.34. The fraction of sp³-hybridized carbons (Fsp3) is 0.562. The lowest BCUT2D eigenvalue weighted by molar-refractivity contribution is -0.0440. The predicted octanol–water partition coefficient (Wildman–Crippen LogP) is 1.38. The summed E-state index contributed by atoms with van der Waals surface area (Å²) in [6.07, 6.45) is 1.70. The van der Waals surface area contributed by atoms with Crippen molar-refractivity contribution in [2.24, 2.45) is 0 Å². The van der Waals surface area contributed by atoms with E-state index in [1.165, 1.54) is 16.4 Å². The molecule has 2 aliphatic rings. The lowest BCUT2D eigenvalue weighted by atomic mass is 10.2. The Bertz CT molecular complexity index is 690. The van der Waals surface area contributed by atoms with E-state index in [4.69, 9.17) is 4.74 Å². The molecule has 0 spiro atoms. The monoisotopic (exact) mass is 338 g/mol. The predicted molar refractivity (Wildman–Crippen MR) is 85.7 cm³/mol. The molecule has 3 rings (SSSR count). The van der Waals surface area contributed by atoms with Crippen LogP contribution in [0, 0.1) is 0 Å². The van der Waals surface area contributed by atoms with E-state index in [9.17, 15) is 13.2 Å². The van der Waals surface area contributed by atoms with E-state index >= 15 is 0 Å². The van der Waals surface area contributed by atoms with Crippen molar-refractivity contribution >= 4 is 15.9 Å². The Balaban J connectivity index is 1.83. The summed E-state index contributed by atoms with van der Waals surface area (Å²) in [4.78, 5) is 12.3. The minimum atomic E-state index is -3.62. The van der Waals surface area contributed by atoms with Crippen LogP contribution in [-0.4, -0.2) is 50.0 Å². The molecule has 1 N–H and O–H groups in total. The Morgan fingerprint density at radius 1 is 1.22 bits per heavy atom. The van der Waals surface area contributed by atoms with Crippen LogP contribution < -0.4 is 5.32 Å². The summed E-state index contributed by atoms with van der Waals surface area (Å²) in [5.74, 6) is -0.215. The molecule has 2 fully saturated rings. The number of ether oxygens (including phenoxy) is 1. The molecule has 0 bridgehead atoms. The molecule has 1 aliphatic heterocycles. The molecule has 2 atom stereocenters. The van der Waals surface area contributed by atoms with Crippen LogP contribution in [0.25, 0.3) is 0 Å². The molecule has 6 nitrogen and oxygen atoms in total. The molecule has 1 aromatic rings. The number of benzene rings is 1. The number of sulfonamides is 1. The van der Waals surface area contributed by atoms with Gasteiger partial charge in [0, 0.05) is 24.7 Å². The van der Waals surface area contributed by atoms with Gasteiger partial charge >= 0.3 is 0 Å². The minimum absolute atomic E-state index is 0.144. The van der Waals surface area contributed by atoms with E-state index < -0.39 is 10.0 Å². The molecule has 1 saturated heterocycles. The standard InChI is InChI=1S/C16H22N2O4S/c1-11-9-18(10-12(2)22-11)23(20,21)15-5-3-4-13(8-15)16(19)17-14-6-7-14/h3-5,8,11-12,14H,6-7,9-10H2,1-2H3,(H,17,19). The summed E-state index contributed by atoms with van der Waals surface area (Å²) in [5.41, 5.74) is 0.382. The number of nitrogens with zero attached hydrogens (tertiary/aromatic N) is 1. The largest absolute Gasteiger partial charge is 0.373 e. The Morgan fingerprint density at radius 3 is 2.48 bits per heavy atom. The average Bonchev–Trinajstić information content (AvgIpc) is 3.30. The van der Waals surface area contributed by atoms with Crippen molar-refractivity contribution in [2.45, 2.75) is 49.8 Å². The lowest BCUT2D eigenvalue weighted by Crippen LogP contribution is -2.48. The van der Waals surface area contributed by atoms with Crippen LogP contribution in [0.1, 0.15) is 37.0 Å². The molecule has 1 aliphatic carbocycles. The Kier molecular flexibility index (Phi) is 4.44. The number of amides is 1. The smallest absolute Gasteiger partial charge is 0.251 e. The molecule has 0 aromatic heterocycles. The van der Waals surface area contributed by atoms with Gasteiger partial charge in [-0.25, -0.2) is 8.42 Å². The Morgan fingerprint density at radius 2 is 1.87 bits per heavy atom. The van der Waals surface area contributed by atoms with Gasteiger partial charge in [-0.3, -0.25) is 4.79 Å². The van der Waals surface area contributed by atoms with Crippen molar-refractivity contribution in [3.05, 3.63) is 29.8 Å². The SMILES string of the molecule is CC1CN(S(=O)(=O)c2cccc(C(=O)NC3CC3)c2)CC(C)O1. The molecule has 1 amide bonds. The van der Waals surface area contributed by atoms with Gasteiger partial charge < -0.3 is 10.1 Å². The zero-order chi connectivity index (χ0) is 16.6. The minimum Gasteiger partial charge on any atom is -0.373 e. The van der Waals surface area contributed by atoms with E-state index in [1.54, 1.807) is 12.1 Å². The summed E-state index contributed by atoms with van der Waals surface area (Å²) in [6.45, 7) is 4.37. The highest BCUT2D eigenvalue weighted by Crippen LogP contribution is 2.23. The Hall–Kier alpha value is -1.44. The topological polar surface area (TPSA) is 75.7 Å². The van der Waals surface area contributed by atoms with Gasteiger partial charge in [-0.2, -0.15) is 4.31 Å². The zero-order valence-electron chi connectivity index (χ0n) is 13.4. The summed E-state index contributed by atoms with van der Waals surface area (Å²) in [6, 6.07) is 6.48. The van der Waals surface area contributed by atoms with E-state index in [2.05, 4.69) is 5.32 Å². The van der Waals surface area contributed by atoms with E-state index in [-0.39, 0.29) is 29.1 Å². The van der Waals surface area contributed by atoms with Crippen molar-refractivity contribution in [2.75, 3.05) is 13.1 Å². The van der Waals surface area contributed by atoms with Crippen molar-refractivity contribution in [3.8, 4) is 0 Å². The van der Waals surface area contributed by atoms with Crippen LogP contribution in [0.2, 0.25) is 0 Å². The van der Waals surface area contributed by atoms with Crippen LogP contribution in [-0.2, 0) is 14.8 Å². The van der Waals surface area contributed by atoms with Gasteiger partial charge in [-0.1, -0.05) is 6.07 Å². The third-order valence-corrected chi connectivity index (χ3v) is 5.86. The van der Waals surface area contributed by atoms with E-state index in [0.29, 0.717) is 18.7 Å². The summed E-state index contributed by atoms with van der Waals surface area (Å²) in [5, 5.41) is 2.88. The third-order valence-electron chi connectivity index (χ3n) is 4.03. The molecule has 0 radical (unpaired) electrons. The maximum atomic E-state index is 12.8. The Labute approximate surface area is 136 Å². The fourth-order valence-corrected chi connectivity index (χ4v) is 4.41. The summed E-state index contributed by atoms with van der Waals surface area (Å²) >= 11 is 0. The normalized spacial score (nSPS) is 26.0. The molecule has 2 unspecified atom stereocenters. The van der Waals surface area contributed by atoms with Crippen molar-refractivity contribution in [1.29, 1.82) is 0 Å². The number of nitrogens with one attached hydrogen (secondary N) is 1. The van der Waals surface area contributed by atoms with Gasteiger partial charge in [0.1, 0.15) is 0 Å². The second-order valence-corrected chi connectivity index (χ2v) is 8.29. The van der Waals surface area contributed by atoms with Gasteiger partial charge in [-0.05, 0) is 44.9 Å². The number of carbonyl (C=O) groups is 1. The van der Waals surface area contributed by atoms with Crippen LogP contribution >= 0.6 is 0 Å². The van der Waals surface area contributed by atoms with Crippen LogP contribution in [0.3, 0.4) is 0 Å². The highest BCUT2D eigenvalue weighted by molar-refractivity contribution is 7.89. The van der Waals surface area contributed by atoms with Crippen LogP contribution in [0.5, 0.6) is 0 Å². The van der Waals surface area contributed by atoms with E-state index in [0.717, 1.165) is 12.8 Å². The first-order chi connectivity index (χ1) is 10.9. The third kappa shape index (κ3) is 3.73. The molecule has 126 valence electrons. The van der Waals surface area contributed by atoms with Gasteiger partial charge in [0.15, 0.2) is 0 Å². The maximum Gasteiger partial charge on any atom is 0.251 e. The second kappa shape index (κ2) is 6.22. The summed E-state index contributed by atoms with van der Waals surface area (Å²) in [7, 11) is -3.62. The molecule has 7 heteroatoms. The van der Waals surface area contributed by atoms with Crippen molar-refractivity contribution in [1.82, 2.24) is 9.62 Å². The molecule has 23 heavy (non-hydrogen) atoms. The van der Waals surface area contributed by atoms with Crippen molar-refractivity contribution in [3.63, 3.8) is 0 Å². The molecular weight excluding hydrogens is 316 g/mol. The number of morpholine rings is 1. The average molecular weight is 338 g/mol.